The number of hydrogen-bond donors (Lipinski definition) is 0. The molecule has 0 amide bonds. The van der Waals surface area contributed by atoms with Gasteiger partial charge in [0, 0.05) is 20.2 Å². The van der Waals surface area contributed by atoms with Gasteiger partial charge in [0.05, 0.1) is 0 Å². The summed E-state index contributed by atoms with van der Waals surface area (Å²) in [5.74, 6) is 0. The third-order valence-electron chi connectivity index (χ3n) is 5.90. The first-order chi connectivity index (χ1) is 15.4. The normalized spacial score (nSPS) is 11.2. The van der Waals surface area contributed by atoms with Gasteiger partial charge in [-0.05, 0) is 45.5 Å². The Bertz CT molecular complexity index is 1520. The van der Waals surface area contributed by atoms with Crippen LogP contribution in [0, 0.1) is 0 Å². The summed E-state index contributed by atoms with van der Waals surface area (Å²) in [5, 5.41) is 2.68. The summed E-state index contributed by atoms with van der Waals surface area (Å²) in [5.41, 5.74) is 7.58. The molecule has 6 aromatic rings. The largest absolute Gasteiger partial charge is 0.135 e. The van der Waals surface area contributed by atoms with Gasteiger partial charge < -0.3 is 0 Å². The zero-order valence-corrected chi connectivity index (χ0v) is 17.8. The van der Waals surface area contributed by atoms with E-state index in [2.05, 4.69) is 121 Å². The zero-order valence-electron chi connectivity index (χ0n) is 17.0. The number of fused-ring (bicyclic) bond motifs is 3. The van der Waals surface area contributed by atoms with Crippen LogP contribution < -0.4 is 0 Å². The molecule has 0 saturated carbocycles. The lowest BCUT2D eigenvalue weighted by molar-refractivity contribution is 1.58. The summed E-state index contributed by atoms with van der Waals surface area (Å²) >= 11 is 1.88. The molecule has 0 spiro atoms. The molecule has 1 heterocycles. The summed E-state index contributed by atoms with van der Waals surface area (Å²) in [6.07, 6.45) is 0. The minimum atomic E-state index is 1.25. The number of thiophene rings is 1. The molecule has 0 radical (unpaired) electrons. The number of benzene rings is 5. The molecule has 0 aliphatic heterocycles. The Labute approximate surface area is 186 Å². The van der Waals surface area contributed by atoms with Crippen molar-refractivity contribution in [3.8, 4) is 33.4 Å². The highest BCUT2D eigenvalue weighted by Gasteiger charge is 2.12. The van der Waals surface area contributed by atoms with E-state index in [1.165, 1.54) is 53.6 Å². The fourth-order valence-electron chi connectivity index (χ4n) is 4.43. The molecule has 0 N–H and O–H groups in total. The highest BCUT2D eigenvalue weighted by Crippen LogP contribution is 2.41. The summed E-state index contributed by atoms with van der Waals surface area (Å²) in [4.78, 5) is 0. The molecule has 0 aliphatic carbocycles. The van der Waals surface area contributed by atoms with E-state index in [-0.39, 0.29) is 0 Å². The molecule has 1 heteroatoms. The van der Waals surface area contributed by atoms with Gasteiger partial charge in [0.15, 0.2) is 0 Å². The van der Waals surface area contributed by atoms with E-state index in [1.54, 1.807) is 0 Å². The first kappa shape index (κ1) is 18.1. The Morgan fingerprint density at radius 1 is 0.387 bits per heavy atom. The van der Waals surface area contributed by atoms with Crippen LogP contribution in [0.3, 0.4) is 0 Å². The van der Waals surface area contributed by atoms with Crippen LogP contribution in [0.1, 0.15) is 0 Å². The molecular formula is C30H20S. The first-order valence-electron chi connectivity index (χ1n) is 10.5. The van der Waals surface area contributed by atoms with Crippen LogP contribution in [-0.2, 0) is 0 Å². The molecule has 0 fully saturated rings. The van der Waals surface area contributed by atoms with Crippen LogP contribution in [0.5, 0.6) is 0 Å². The maximum absolute atomic E-state index is 2.33. The second-order valence-electron chi connectivity index (χ2n) is 7.77. The molecule has 1 aromatic heterocycles. The van der Waals surface area contributed by atoms with Crippen LogP contribution in [0.4, 0.5) is 0 Å². The van der Waals surface area contributed by atoms with E-state index in [1.807, 2.05) is 11.3 Å². The topological polar surface area (TPSA) is 0 Å². The highest BCUT2D eigenvalue weighted by atomic mass is 32.1. The summed E-state index contributed by atoms with van der Waals surface area (Å²) in [6.45, 7) is 0. The van der Waals surface area contributed by atoms with Gasteiger partial charge in [0.2, 0.25) is 0 Å². The van der Waals surface area contributed by atoms with Gasteiger partial charge >= 0.3 is 0 Å². The van der Waals surface area contributed by atoms with Crippen molar-refractivity contribution in [3.63, 3.8) is 0 Å². The van der Waals surface area contributed by atoms with E-state index in [0.29, 0.717) is 0 Å². The molecule has 0 atom stereocenters. The Kier molecular flexibility index (Phi) is 4.40. The van der Waals surface area contributed by atoms with E-state index < -0.39 is 0 Å². The standard InChI is InChI=1S/C30H20S/c1-2-10-21(11-3-1)24-14-4-5-15-25(24)22-12-8-13-23(20-22)26-17-9-18-28-27-16-6-7-19-29(27)31-30(26)28/h1-20H. The van der Waals surface area contributed by atoms with Gasteiger partial charge in [0.1, 0.15) is 0 Å². The van der Waals surface area contributed by atoms with Gasteiger partial charge in [-0.1, -0.05) is 109 Å². The van der Waals surface area contributed by atoms with Crippen molar-refractivity contribution in [1.82, 2.24) is 0 Å². The van der Waals surface area contributed by atoms with Crippen molar-refractivity contribution in [2.75, 3.05) is 0 Å². The quantitative estimate of drug-likeness (QED) is 0.272. The molecule has 0 unspecified atom stereocenters. The number of rotatable bonds is 3. The van der Waals surface area contributed by atoms with E-state index in [0.717, 1.165) is 0 Å². The molecule has 0 bridgehead atoms. The third kappa shape index (κ3) is 3.15. The maximum atomic E-state index is 2.33. The third-order valence-corrected chi connectivity index (χ3v) is 7.12. The summed E-state index contributed by atoms with van der Waals surface area (Å²) < 4.78 is 2.70. The van der Waals surface area contributed by atoms with Crippen LogP contribution >= 0.6 is 11.3 Å². The average molecular weight is 413 g/mol. The Morgan fingerprint density at radius 2 is 0.935 bits per heavy atom. The first-order valence-corrected chi connectivity index (χ1v) is 11.4. The Balaban J connectivity index is 1.53. The van der Waals surface area contributed by atoms with Crippen molar-refractivity contribution >= 4 is 31.5 Å². The molecule has 0 nitrogen and oxygen atoms in total. The molecule has 0 aliphatic rings. The van der Waals surface area contributed by atoms with Crippen molar-refractivity contribution in [1.29, 1.82) is 0 Å². The summed E-state index contributed by atoms with van der Waals surface area (Å²) in [7, 11) is 0. The van der Waals surface area contributed by atoms with Crippen molar-refractivity contribution in [2.45, 2.75) is 0 Å². The second kappa shape index (κ2) is 7.54. The maximum Gasteiger partial charge on any atom is 0.0433 e. The Hall–Kier alpha value is -3.68. The van der Waals surface area contributed by atoms with Crippen molar-refractivity contribution in [3.05, 3.63) is 121 Å². The predicted octanol–water partition coefficient (Wildman–Crippen LogP) is 9.06. The van der Waals surface area contributed by atoms with Gasteiger partial charge in [-0.15, -0.1) is 11.3 Å². The van der Waals surface area contributed by atoms with Gasteiger partial charge in [-0.3, -0.25) is 0 Å². The molecule has 31 heavy (non-hydrogen) atoms. The van der Waals surface area contributed by atoms with E-state index in [9.17, 15) is 0 Å². The SMILES string of the molecule is c1ccc(-c2ccccc2-c2cccc(-c3cccc4c3sc3ccccc34)c2)cc1. The summed E-state index contributed by atoms with van der Waals surface area (Å²) in [6, 6.07) is 43.6. The minimum absolute atomic E-state index is 1.25. The van der Waals surface area contributed by atoms with Gasteiger partial charge in [-0.25, -0.2) is 0 Å². The van der Waals surface area contributed by atoms with Crippen molar-refractivity contribution < 1.29 is 0 Å². The monoisotopic (exact) mass is 412 g/mol. The fourth-order valence-corrected chi connectivity index (χ4v) is 5.67. The highest BCUT2D eigenvalue weighted by molar-refractivity contribution is 7.26. The molecule has 146 valence electrons. The van der Waals surface area contributed by atoms with Crippen molar-refractivity contribution in [2.24, 2.45) is 0 Å². The lowest BCUT2D eigenvalue weighted by atomic mass is 9.92. The fraction of sp³-hybridized carbons (Fsp3) is 0. The molecule has 0 saturated heterocycles. The lowest BCUT2D eigenvalue weighted by Gasteiger charge is -2.12. The van der Waals surface area contributed by atoms with Crippen LogP contribution in [-0.4, -0.2) is 0 Å². The second-order valence-corrected chi connectivity index (χ2v) is 8.83. The number of hydrogen-bond acceptors (Lipinski definition) is 1. The van der Waals surface area contributed by atoms with Crippen LogP contribution in [0.15, 0.2) is 121 Å². The molecule has 5 aromatic carbocycles. The predicted molar refractivity (Wildman–Crippen MR) is 136 cm³/mol. The molecular weight excluding hydrogens is 392 g/mol. The van der Waals surface area contributed by atoms with Gasteiger partial charge in [-0.2, -0.15) is 0 Å². The average Bonchev–Trinajstić information content (AvgIpc) is 3.24. The van der Waals surface area contributed by atoms with E-state index >= 15 is 0 Å². The minimum Gasteiger partial charge on any atom is -0.135 e. The van der Waals surface area contributed by atoms with Crippen LogP contribution in [0.25, 0.3) is 53.6 Å². The zero-order chi connectivity index (χ0) is 20.6. The van der Waals surface area contributed by atoms with Crippen LogP contribution in [0.2, 0.25) is 0 Å². The van der Waals surface area contributed by atoms with Gasteiger partial charge in [0.25, 0.3) is 0 Å². The lowest BCUT2D eigenvalue weighted by Crippen LogP contribution is -1.86. The molecule has 6 rings (SSSR count). The smallest absolute Gasteiger partial charge is 0.0433 e. The van der Waals surface area contributed by atoms with E-state index in [4.69, 9.17) is 0 Å². The Morgan fingerprint density at radius 3 is 1.77 bits per heavy atom.